The second-order valence-corrected chi connectivity index (χ2v) is 3.40. The van der Waals surface area contributed by atoms with Crippen molar-refractivity contribution in [3.8, 4) is 5.75 Å². The smallest absolute Gasteiger partial charge is 0.405 e. The van der Waals surface area contributed by atoms with Crippen LogP contribution in [0, 0.1) is 0 Å². The van der Waals surface area contributed by atoms with Crippen molar-refractivity contribution in [3.63, 3.8) is 0 Å². The molecule has 0 saturated carbocycles. The summed E-state index contributed by atoms with van der Waals surface area (Å²) in [6.07, 6.45) is -4.26. The number of ether oxygens (including phenoxy) is 1. The van der Waals surface area contributed by atoms with Crippen molar-refractivity contribution in [2.24, 2.45) is 0 Å². The Hall–Kier alpha value is -1.59. The van der Waals surface area contributed by atoms with Crippen molar-refractivity contribution in [1.82, 2.24) is 0 Å². The zero-order valence-electron chi connectivity index (χ0n) is 9.01. The first-order valence-corrected chi connectivity index (χ1v) is 4.55. The van der Waals surface area contributed by atoms with Crippen LogP contribution in [0.2, 0.25) is 0 Å². The zero-order valence-corrected chi connectivity index (χ0v) is 9.01. The fraction of sp³-hybridized carbons (Fsp3) is 0.400. The summed E-state index contributed by atoms with van der Waals surface area (Å²) in [7, 11) is 2.78. The lowest BCUT2D eigenvalue weighted by Crippen LogP contribution is -2.31. The molecule has 2 N–H and O–H groups in total. The number of benzene rings is 1. The molecule has 0 aromatic heterocycles. The molecular weight excluding hydrogens is 221 g/mol. The first-order chi connectivity index (χ1) is 7.33. The van der Waals surface area contributed by atoms with Crippen molar-refractivity contribution in [1.29, 1.82) is 0 Å². The van der Waals surface area contributed by atoms with E-state index in [2.05, 4.69) is 0 Å². The maximum atomic E-state index is 12.2. The monoisotopic (exact) mass is 234 g/mol. The van der Waals surface area contributed by atoms with Crippen LogP contribution in [0.4, 0.5) is 24.5 Å². The van der Waals surface area contributed by atoms with E-state index in [1.165, 1.54) is 26.3 Å². The molecule has 0 amide bonds. The first-order valence-electron chi connectivity index (χ1n) is 4.55. The molecule has 1 aromatic carbocycles. The van der Waals surface area contributed by atoms with E-state index in [1.807, 2.05) is 0 Å². The molecule has 0 aliphatic carbocycles. The summed E-state index contributed by atoms with van der Waals surface area (Å²) in [5, 5.41) is 0. The lowest BCUT2D eigenvalue weighted by Gasteiger charge is -2.22. The van der Waals surface area contributed by atoms with E-state index in [0.717, 1.165) is 4.90 Å². The number of nitrogen functional groups attached to an aromatic ring is 1. The number of hydrogen-bond acceptors (Lipinski definition) is 3. The molecule has 90 valence electrons. The molecule has 0 saturated heterocycles. The van der Waals surface area contributed by atoms with Crippen LogP contribution in [0.25, 0.3) is 0 Å². The summed E-state index contributed by atoms with van der Waals surface area (Å²) in [4.78, 5) is 1.04. The van der Waals surface area contributed by atoms with Gasteiger partial charge in [-0.2, -0.15) is 13.2 Å². The number of methoxy groups -OCH3 is 1. The normalized spacial score (nSPS) is 11.3. The minimum atomic E-state index is -4.26. The molecule has 0 heterocycles. The van der Waals surface area contributed by atoms with E-state index in [0.29, 0.717) is 11.4 Å². The number of anilines is 2. The molecule has 1 rings (SSSR count). The fourth-order valence-corrected chi connectivity index (χ4v) is 1.34. The molecule has 16 heavy (non-hydrogen) atoms. The fourth-order valence-electron chi connectivity index (χ4n) is 1.34. The predicted octanol–water partition coefficient (Wildman–Crippen LogP) is 2.28. The van der Waals surface area contributed by atoms with E-state index in [9.17, 15) is 13.2 Å². The Bertz CT molecular complexity index is 366. The summed E-state index contributed by atoms with van der Waals surface area (Å²) in [5.41, 5.74) is 6.19. The highest BCUT2D eigenvalue weighted by Crippen LogP contribution is 2.29. The molecule has 0 fully saturated rings. The molecule has 0 radical (unpaired) electrons. The number of nitrogens with two attached hydrogens (primary N) is 1. The van der Waals surface area contributed by atoms with Crippen LogP contribution in [0.15, 0.2) is 18.2 Å². The molecular formula is C10H13F3N2O. The summed E-state index contributed by atoms with van der Waals surface area (Å²) in [5.74, 6) is 0.471. The molecule has 6 heteroatoms. The van der Waals surface area contributed by atoms with Gasteiger partial charge in [0.15, 0.2) is 0 Å². The standard InChI is InChI=1S/C10H13F3N2O/c1-15(6-10(11,12)13)9-5-7(16-2)3-4-8(9)14/h3-5H,6,14H2,1-2H3. The third kappa shape index (κ3) is 3.22. The van der Waals surface area contributed by atoms with Gasteiger partial charge in [-0.1, -0.05) is 0 Å². The van der Waals surface area contributed by atoms with Crippen LogP contribution in [0.1, 0.15) is 0 Å². The van der Waals surface area contributed by atoms with Gasteiger partial charge in [-0.05, 0) is 12.1 Å². The summed E-state index contributed by atoms with van der Waals surface area (Å²) >= 11 is 0. The average Bonchev–Trinajstić information content (AvgIpc) is 2.15. The summed E-state index contributed by atoms with van der Waals surface area (Å²) in [6, 6.07) is 4.59. The Morgan fingerprint density at radius 2 is 2.00 bits per heavy atom. The number of rotatable bonds is 3. The molecule has 0 aliphatic rings. The Morgan fingerprint density at radius 1 is 1.38 bits per heavy atom. The van der Waals surface area contributed by atoms with Crippen molar-refractivity contribution in [3.05, 3.63) is 18.2 Å². The summed E-state index contributed by atoms with van der Waals surface area (Å²) < 4.78 is 41.5. The van der Waals surface area contributed by atoms with Crippen LogP contribution < -0.4 is 15.4 Å². The Kier molecular flexibility index (Phi) is 3.51. The molecule has 0 bridgehead atoms. The highest BCUT2D eigenvalue weighted by atomic mass is 19.4. The van der Waals surface area contributed by atoms with E-state index >= 15 is 0 Å². The molecule has 0 spiro atoms. The maximum Gasteiger partial charge on any atom is 0.405 e. The minimum absolute atomic E-state index is 0.285. The van der Waals surface area contributed by atoms with Crippen molar-refractivity contribution < 1.29 is 17.9 Å². The van der Waals surface area contributed by atoms with Crippen molar-refractivity contribution in [2.75, 3.05) is 31.3 Å². The van der Waals surface area contributed by atoms with Crippen LogP contribution >= 0.6 is 0 Å². The SMILES string of the molecule is COc1ccc(N)c(N(C)CC(F)(F)F)c1. The lowest BCUT2D eigenvalue weighted by atomic mass is 10.2. The molecule has 0 aliphatic heterocycles. The van der Waals surface area contributed by atoms with Gasteiger partial charge >= 0.3 is 6.18 Å². The van der Waals surface area contributed by atoms with Gasteiger partial charge < -0.3 is 15.4 Å². The van der Waals surface area contributed by atoms with Gasteiger partial charge in [-0.15, -0.1) is 0 Å². The van der Waals surface area contributed by atoms with Gasteiger partial charge in [0.1, 0.15) is 12.3 Å². The molecule has 0 atom stereocenters. The van der Waals surface area contributed by atoms with Crippen LogP contribution in [0.5, 0.6) is 5.75 Å². The van der Waals surface area contributed by atoms with Crippen LogP contribution in [0.3, 0.4) is 0 Å². The van der Waals surface area contributed by atoms with Gasteiger partial charge in [0, 0.05) is 13.1 Å². The van der Waals surface area contributed by atoms with Crippen LogP contribution in [-0.2, 0) is 0 Å². The third-order valence-corrected chi connectivity index (χ3v) is 2.07. The topological polar surface area (TPSA) is 38.5 Å². The maximum absolute atomic E-state index is 12.2. The van der Waals surface area contributed by atoms with Crippen LogP contribution in [-0.4, -0.2) is 26.9 Å². The van der Waals surface area contributed by atoms with Gasteiger partial charge in [-0.3, -0.25) is 0 Å². The number of alkyl halides is 3. The van der Waals surface area contributed by atoms with Crippen molar-refractivity contribution in [2.45, 2.75) is 6.18 Å². The largest absolute Gasteiger partial charge is 0.497 e. The van der Waals surface area contributed by atoms with E-state index in [-0.39, 0.29) is 5.69 Å². The predicted molar refractivity (Wildman–Crippen MR) is 56.7 cm³/mol. The first kappa shape index (κ1) is 12.5. The Labute approximate surface area is 91.6 Å². The number of hydrogen-bond donors (Lipinski definition) is 1. The second kappa shape index (κ2) is 4.51. The number of halogens is 3. The van der Waals surface area contributed by atoms with Gasteiger partial charge in [0.2, 0.25) is 0 Å². The molecule has 3 nitrogen and oxygen atoms in total. The van der Waals surface area contributed by atoms with E-state index in [4.69, 9.17) is 10.5 Å². The quantitative estimate of drug-likeness (QED) is 0.815. The molecule has 0 unspecified atom stereocenters. The van der Waals surface area contributed by atoms with E-state index in [1.54, 1.807) is 6.07 Å². The van der Waals surface area contributed by atoms with Crippen molar-refractivity contribution >= 4 is 11.4 Å². The average molecular weight is 234 g/mol. The Balaban J connectivity index is 2.93. The number of nitrogens with zero attached hydrogens (tertiary/aromatic N) is 1. The van der Waals surface area contributed by atoms with Gasteiger partial charge in [-0.25, -0.2) is 0 Å². The lowest BCUT2D eigenvalue weighted by molar-refractivity contribution is -0.119. The third-order valence-electron chi connectivity index (χ3n) is 2.07. The van der Waals surface area contributed by atoms with Gasteiger partial charge in [0.25, 0.3) is 0 Å². The van der Waals surface area contributed by atoms with E-state index < -0.39 is 12.7 Å². The molecule has 1 aromatic rings. The highest BCUT2D eigenvalue weighted by Gasteiger charge is 2.30. The second-order valence-electron chi connectivity index (χ2n) is 3.40. The summed E-state index contributed by atoms with van der Waals surface area (Å²) in [6.45, 7) is -1.05. The minimum Gasteiger partial charge on any atom is -0.497 e. The zero-order chi connectivity index (χ0) is 12.3. The highest BCUT2D eigenvalue weighted by molar-refractivity contribution is 5.69. The Morgan fingerprint density at radius 3 is 2.50 bits per heavy atom. The van der Waals surface area contributed by atoms with Gasteiger partial charge in [0.05, 0.1) is 18.5 Å².